The van der Waals surface area contributed by atoms with Crippen LogP contribution < -0.4 is 5.32 Å². The van der Waals surface area contributed by atoms with E-state index in [0.717, 1.165) is 0 Å². The SMILES string of the molecule is O=C(Nc1cccc(Br)n1)c1cccc(F)n1. The predicted octanol–water partition coefficient (Wildman–Crippen LogP) is 2.63. The van der Waals surface area contributed by atoms with Gasteiger partial charge in [-0.1, -0.05) is 12.1 Å². The number of carbonyl (C=O) groups is 1. The molecule has 2 heterocycles. The molecule has 2 aromatic heterocycles. The van der Waals surface area contributed by atoms with Crippen LogP contribution in [0.2, 0.25) is 0 Å². The molecule has 0 unspecified atom stereocenters. The van der Waals surface area contributed by atoms with E-state index in [1.807, 2.05) is 0 Å². The van der Waals surface area contributed by atoms with Gasteiger partial charge in [0.1, 0.15) is 16.1 Å². The fraction of sp³-hybridized carbons (Fsp3) is 0. The fourth-order valence-electron chi connectivity index (χ4n) is 1.19. The number of pyridine rings is 2. The molecule has 0 saturated heterocycles. The summed E-state index contributed by atoms with van der Waals surface area (Å²) in [6.45, 7) is 0. The molecule has 0 saturated carbocycles. The molecule has 4 nitrogen and oxygen atoms in total. The molecule has 1 N–H and O–H groups in total. The zero-order valence-corrected chi connectivity index (χ0v) is 10.1. The highest BCUT2D eigenvalue weighted by Gasteiger charge is 2.09. The third-order valence-corrected chi connectivity index (χ3v) is 2.35. The summed E-state index contributed by atoms with van der Waals surface area (Å²) < 4.78 is 13.4. The van der Waals surface area contributed by atoms with Gasteiger partial charge in [0, 0.05) is 0 Å². The zero-order valence-electron chi connectivity index (χ0n) is 8.52. The summed E-state index contributed by atoms with van der Waals surface area (Å²) in [4.78, 5) is 19.2. The highest BCUT2D eigenvalue weighted by Crippen LogP contribution is 2.11. The van der Waals surface area contributed by atoms with Crippen LogP contribution in [0.15, 0.2) is 41.0 Å². The molecule has 0 radical (unpaired) electrons. The molecule has 6 heteroatoms. The molecule has 17 heavy (non-hydrogen) atoms. The average molecular weight is 296 g/mol. The van der Waals surface area contributed by atoms with Gasteiger partial charge in [-0.15, -0.1) is 0 Å². The van der Waals surface area contributed by atoms with E-state index in [0.29, 0.717) is 10.4 Å². The Morgan fingerprint density at radius 2 is 1.94 bits per heavy atom. The van der Waals surface area contributed by atoms with Crippen LogP contribution in [0.1, 0.15) is 10.5 Å². The first-order chi connectivity index (χ1) is 8.15. The van der Waals surface area contributed by atoms with Crippen LogP contribution in [0.5, 0.6) is 0 Å². The summed E-state index contributed by atoms with van der Waals surface area (Å²) in [5.41, 5.74) is 0.00627. The topological polar surface area (TPSA) is 54.9 Å². The number of aromatic nitrogens is 2. The summed E-state index contributed by atoms with van der Waals surface area (Å²) in [7, 11) is 0. The quantitative estimate of drug-likeness (QED) is 0.867. The van der Waals surface area contributed by atoms with Gasteiger partial charge in [-0.25, -0.2) is 9.97 Å². The molecule has 1 amide bonds. The van der Waals surface area contributed by atoms with Gasteiger partial charge in [-0.2, -0.15) is 4.39 Å². The van der Waals surface area contributed by atoms with Crippen LogP contribution in [0.25, 0.3) is 0 Å². The van der Waals surface area contributed by atoms with E-state index in [9.17, 15) is 9.18 Å². The van der Waals surface area contributed by atoms with E-state index in [1.54, 1.807) is 18.2 Å². The third-order valence-electron chi connectivity index (χ3n) is 1.90. The normalized spacial score (nSPS) is 10.0. The van der Waals surface area contributed by atoms with Crippen molar-refractivity contribution in [3.63, 3.8) is 0 Å². The first-order valence-electron chi connectivity index (χ1n) is 4.71. The Labute approximate surface area is 105 Å². The Kier molecular flexibility index (Phi) is 3.43. The van der Waals surface area contributed by atoms with Gasteiger partial charge in [-0.3, -0.25) is 4.79 Å². The molecule has 0 aliphatic rings. The summed E-state index contributed by atoms with van der Waals surface area (Å²) >= 11 is 3.18. The first-order valence-corrected chi connectivity index (χ1v) is 5.51. The van der Waals surface area contributed by atoms with Crippen LogP contribution in [0, 0.1) is 5.95 Å². The maximum Gasteiger partial charge on any atom is 0.275 e. The zero-order chi connectivity index (χ0) is 12.3. The van der Waals surface area contributed by atoms with Gasteiger partial charge in [0.25, 0.3) is 5.91 Å². The molecule has 2 aromatic rings. The Bertz CT molecular complexity index is 562. The van der Waals surface area contributed by atoms with E-state index in [2.05, 4.69) is 31.2 Å². The number of hydrogen-bond acceptors (Lipinski definition) is 3. The minimum Gasteiger partial charge on any atom is -0.305 e. The molecular weight excluding hydrogens is 289 g/mol. The smallest absolute Gasteiger partial charge is 0.275 e. The molecule has 0 fully saturated rings. The lowest BCUT2D eigenvalue weighted by molar-refractivity contribution is 0.102. The maximum absolute atomic E-state index is 12.8. The van der Waals surface area contributed by atoms with E-state index in [1.165, 1.54) is 18.2 Å². The van der Waals surface area contributed by atoms with Crippen molar-refractivity contribution in [2.45, 2.75) is 0 Å². The van der Waals surface area contributed by atoms with Crippen molar-refractivity contribution in [1.82, 2.24) is 9.97 Å². The molecule has 0 spiro atoms. The number of amides is 1. The number of anilines is 1. The minimum absolute atomic E-state index is 0.00627. The van der Waals surface area contributed by atoms with Crippen molar-refractivity contribution < 1.29 is 9.18 Å². The second kappa shape index (κ2) is 5.01. The van der Waals surface area contributed by atoms with Crippen LogP contribution in [-0.4, -0.2) is 15.9 Å². The van der Waals surface area contributed by atoms with E-state index >= 15 is 0 Å². The third kappa shape index (κ3) is 3.07. The van der Waals surface area contributed by atoms with Gasteiger partial charge in [-0.05, 0) is 40.2 Å². The van der Waals surface area contributed by atoms with Gasteiger partial charge in [0.05, 0.1) is 0 Å². The number of rotatable bonds is 2. The lowest BCUT2D eigenvalue weighted by Gasteiger charge is -2.03. The van der Waals surface area contributed by atoms with Crippen LogP contribution in [-0.2, 0) is 0 Å². The van der Waals surface area contributed by atoms with Crippen molar-refractivity contribution in [3.8, 4) is 0 Å². The summed E-state index contributed by atoms with van der Waals surface area (Å²) in [6.07, 6.45) is 0. The monoisotopic (exact) mass is 295 g/mol. The standard InChI is InChI=1S/C11H7BrFN3O/c12-8-4-2-6-10(15-8)16-11(17)7-3-1-5-9(13)14-7/h1-6H,(H,15,16,17). The number of nitrogens with one attached hydrogen (secondary N) is 1. The van der Waals surface area contributed by atoms with Crippen LogP contribution in [0.3, 0.4) is 0 Å². The second-order valence-electron chi connectivity index (χ2n) is 3.15. The highest BCUT2D eigenvalue weighted by molar-refractivity contribution is 9.10. The first kappa shape index (κ1) is 11.7. The lowest BCUT2D eigenvalue weighted by atomic mass is 10.3. The predicted molar refractivity (Wildman–Crippen MR) is 64.1 cm³/mol. The Hall–Kier alpha value is -1.82. The van der Waals surface area contributed by atoms with Crippen molar-refractivity contribution >= 4 is 27.7 Å². The fourth-order valence-corrected chi connectivity index (χ4v) is 1.54. The molecule has 0 aliphatic carbocycles. The molecule has 0 bridgehead atoms. The van der Waals surface area contributed by atoms with Crippen LogP contribution in [0.4, 0.5) is 10.2 Å². The van der Waals surface area contributed by atoms with E-state index in [4.69, 9.17) is 0 Å². The average Bonchev–Trinajstić information content (AvgIpc) is 2.29. The van der Waals surface area contributed by atoms with Gasteiger partial charge in [0.15, 0.2) is 0 Å². The van der Waals surface area contributed by atoms with E-state index in [-0.39, 0.29) is 5.69 Å². The summed E-state index contributed by atoms with van der Waals surface area (Å²) in [5.74, 6) is -0.828. The number of carbonyl (C=O) groups excluding carboxylic acids is 1. The molecular formula is C11H7BrFN3O. The van der Waals surface area contributed by atoms with Crippen molar-refractivity contribution in [2.24, 2.45) is 0 Å². The maximum atomic E-state index is 12.8. The van der Waals surface area contributed by atoms with Gasteiger partial charge >= 0.3 is 0 Å². The number of hydrogen-bond donors (Lipinski definition) is 1. The summed E-state index contributed by atoms with van der Waals surface area (Å²) in [6, 6.07) is 9.11. The summed E-state index contributed by atoms with van der Waals surface area (Å²) in [5, 5.41) is 2.52. The highest BCUT2D eigenvalue weighted by atomic mass is 79.9. The second-order valence-corrected chi connectivity index (χ2v) is 3.96. The molecule has 0 atom stereocenters. The number of halogens is 2. The van der Waals surface area contributed by atoms with Gasteiger partial charge < -0.3 is 5.32 Å². The Morgan fingerprint density at radius 1 is 1.18 bits per heavy atom. The molecule has 0 aromatic carbocycles. The lowest BCUT2D eigenvalue weighted by Crippen LogP contribution is -2.15. The van der Waals surface area contributed by atoms with Crippen molar-refractivity contribution in [2.75, 3.05) is 5.32 Å². The van der Waals surface area contributed by atoms with Crippen molar-refractivity contribution in [3.05, 3.63) is 52.6 Å². The minimum atomic E-state index is -0.695. The molecule has 0 aliphatic heterocycles. The Morgan fingerprint density at radius 3 is 2.65 bits per heavy atom. The number of nitrogens with zero attached hydrogens (tertiary/aromatic N) is 2. The van der Waals surface area contributed by atoms with Crippen molar-refractivity contribution in [1.29, 1.82) is 0 Å². The Balaban J connectivity index is 2.17. The van der Waals surface area contributed by atoms with E-state index < -0.39 is 11.9 Å². The van der Waals surface area contributed by atoms with Crippen LogP contribution >= 0.6 is 15.9 Å². The largest absolute Gasteiger partial charge is 0.305 e. The molecule has 2 rings (SSSR count). The molecule has 86 valence electrons. The van der Waals surface area contributed by atoms with Gasteiger partial charge in [0.2, 0.25) is 5.95 Å².